The molecular weight excluding hydrogens is 356 g/mol. The molecule has 1 aromatic carbocycles. The van der Waals surface area contributed by atoms with Crippen LogP contribution < -0.4 is 14.7 Å². The molecule has 0 spiro atoms. The van der Waals surface area contributed by atoms with Crippen molar-refractivity contribution < 1.29 is 4.92 Å². The number of piperidine rings is 1. The number of anilines is 3. The van der Waals surface area contributed by atoms with Crippen molar-refractivity contribution in [3.05, 3.63) is 46.8 Å². The van der Waals surface area contributed by atoms with Gasteiger partial charge in [-0.25, -0.2) is 9.97 Å². The lowest BCUT2D eigenvalue weighted by Crippen LogP contribution is -2.47. The van der Waals surface area contributed by atoms with Crippen LogP contribution in [0.1, 0.15) is 19.8 Å². The van der Waals surface area contributed by atoms with Gasteiger partial charge in [0.15, 0.2) is 0 Å². The highest BCUT2D eigenvalue weighted by Gasteiger charge is 2.32. The maximum atomic E-state index is 11.9. The third kappa shape index (κ3) is 3.72. The fraction of sp³-hybridized carbons (Fsp3) is 0.500. The molecule has 0 aliphatic carbocycles. The molecule has 8 heteroatoms. The number of para-hydroxylation sites is 1. The van der Waals surface area contributed by atoms with Gasteiger partial charge in [-0.2, -0.15) is 0 Å². The molecule has 0 saturated carbocycles. The predicted molar refractivity (Wildman–Crippen MR) is 110 cm³/mol. The molecule has 2 aromatic rings. The van der Waals surface area contributed by atoms with E-state index in [-0.39, 0.29) is 10.6 Å². The number of nitrogens with zero attached hydrogens (tertiary/aromatic N) is 6. The SMILES string of the molecule is CC1CCN(c2ncnc(N3CCN(c4ccccc4)CC3)c2[N+](=O)[O-])CC1. The van der Waals surface area contributed by atoms with E-state index in [0.717, 1.165) is 39.0 Å². The van der Waals surface area contributed by atoms with Gasteiger partial charge in [-0.3, -0.25) is 10.1 Å². The number of rotatable bonds is 4. The third-order valence-corrected chi connectivity index (χ3v) is 5.75. The van der Waals surface area contributed by atoms with Crippen LogP contribution in [-0.2, 0) is 0 Å². The Labute approximate surface area is 164 Å². The standard InChI is InChI=1S/C20H26N6O2/c1-16-7-9-24(10-8-16)19-18(26(27)28)20(22-15-21-19)25-13-11-23(12-14-25)17-5-3-2-4-6-17/h2-6,15-16H,7-14H2,1H3. The second-order valence-corrected chi connectivity index (χ2v) is 7.61. The van der Waals surface area contributed by atoms with Gasteiger partial charge >= 0.3 is 5.69 Å². The smallest absolute Gasteiger partial charge is 0.353 e. The van der Waals surface area contributed by atoms with Gasteiger partial charge in [0.2, 0.25) is 11.6 Å². The summed E-state index contributed by atoms with van der Waals surface area (Å²) in [5, 5.41) is 11.9. The lowest BCUT2D eigenvalue weighted by Gasteiger charge is -2.37. The zero-order valence-corrected chi connectivity index (χ0v) is 16.2. The molecule has 0 N–H and O–H groups in total. The van der Waals surface area contributed by atoms with Crippen LogP contribution in [0, 0.1) is 16.0 Å². The van der Waals surface area contributed by atoms with E-state index in [2.05, 4.69) is 33.9 Å². The summed E-state index contributed by atoms with van der Waals surface area (Å²) in [6, 6.07) is 10.3. The Kier molecular flexibility index (Phi) is 5.27. The average molecular weight is 382 g/mol. The van der Waals surface area contributed by atoms with E-state index < -0.39 is 0 Å². The summed E-state index contributed by atoms with van der Waals surface area (Å²) in [6.45, 7) is 6.85. The predicted octanol–water partition coefficient (Wildman–Crippen LogP) is 2.95. The number of benzene rings is 1. The van der Waals surface area contributed by atoms with Crippen molar-refractivity contribution in [2.75, 3.05) is 54.0 Å². The van der Waals surface area contributed by atoms with Gasteiger partial charge in [-0.15, -0.1) is 0 Å². The quantitative estimate of drug-likeness (QED) is 0.594. The van der Waals surface area contributed by atoms with Crippen LogP contribution in [0.3, 0.4) is 0 Å². The molecule has 8 nitrogen and oxygen atoms in total. The molecule has 0 bridgehead atoms. The number of hydrogen-bond acceptors (Lipinski definition) is 7. The molecule has 2 aliphatic heterocycles. The zero-order valence-electron chi connectivity index (χ0n) is 16.2. The van der Waals surface area contributed by atoms with Gasteiger partial charge in [-0.05, 0) is 30.9 Å². The summed E-state index contributed by atoms with van der Waals surface area (Å²) < 4.78 is 0. The first kappa shape index (κ1) is 18.5. The number of piperazine rings is 1. The first-order chi connectivity index (χ1) is 13.6. The molecule has 0 unspecified atom stereocenters. The van der Waals surface area contributed by atoms with Gasteiger partial charge in [0.05, 0.1) is 4.92 Å². The average Bonchev–Trinajstić information content (AvgIpc) is 2.74. The van der Waals surface area contributed by atoms with Crippen LogP contribution in [-0.4, -0.2) is 54.2 Å². The fourth-order valence-electron chi connectivity index (χ4n) is 4.02. The summed E-state index contributed by atoms with van der Waals surface area (Å²) >= 11 is 0. The Bertz CT molecular complexity index is 815. The Balaban J connectivity index is 1.55. The van der Waals surface area contributed by atoms with Crippen LogP contribution >= 0.6 is 0 Å². The van der Waals surface area contributed by atoms with E-state index in [0.29, 0.717) is 30.6 Å². The second kappa shape index (κ2) is 8.00. The molecule has 2 aliphatic rings. The van der Waals surface area contributed by atoms with Crippen molar-refractivity contribution in [3.63, 3.8) is 0 Å². The molecule has 1 aromatic heterocycles. The summed E-state index contributed by atoms with van der Waals surface area (Å²) in [4.78, 5) is 26.6. The summed E-state index contributed by atoms with van der Waals surface area (Å²) in [6.07, 6.45) is 3.54. The maximum absolute atomic E-state index is 11.9. The second-order valence-electron chi connectivity index (χ2n) is 7.61. The largest absolute Gasteiger partial charge is 0.368 e. The maximum Gasteiger partial charge on any atom is 0.353 e. The van der Waals surface area contributed by atoms with E-state index in [9.17, 15) is 10.1 Å². The van der Waals surface area contributed by atoms with Crippen molar-refractivity contribution >= 4 is 23.0 Å². The Hall–Kier alpha value is -2.90. The first-order valence-corrected chi connectivity index (χ1v) is 9.93. The van der Waals surface area contributed by atoms with Crippen molar-refractivity contribution in [2.24, 2.45) is 5.92 Å². The van der Waals surface area contributed by atoms with Crippen LogP contribution in [0.5, 0.6) is 0 Å². The molecule has 0 atom stereocenters. The van der Waals surface area contributed by atoms with Crippen LogP contribution in [0.4, 0.5) is 23.0 Å². The number of aromatic nitrogens is 2. The normalized spacial score (nSPS) is 18.4. The first-order valence-electron chi connectivity index (χ1n) is 9.93. The van der Waals surface area contributed by atoms with E-state index in [1.807, 2.05) is 28.0 Å². The van der Waals surface area contributed by atoms with Crippen LogP contribution in [0.15, 0.2) is 36.7 Å². The highest BCUT2D eigenvalue weighted by atomic mass is 16.6. The summed E-state index contributed by atoms with van der Waals surface area (Å²) in [7, 11) is 0. The summed E-state index contributed by atoms with van der Waals surface area (Å²) in [5.41, 5.74) is 1.23. The number of hydrogen-bond donors (Lipinski definition) is 0. The van der Waals surface area contributed by atoms with Crippen LogP contribution in [0.2, 0.25) is 0 Å². The minimum atomic E-state index is -0.313. The molecule has 148 valence electrons. The van der Waals surface area contributed by atoms with Crippen molar-refractivity contribution in [1.82, 2.24) is 9.97 Å². The van der Waals surface area contributed by atoms with Gasteiger partial charge in [0, 0.05) is 45.0 Å². The molecule has 0 amide bonds. The minimum absolute atomic E-state index is 0.0465. The molecule has 2 fully saturated rings. The van der Waals surface area contributed by atoms with Crippen molar-refractivity contribution in [1.29, 1.82) is 0 Å². The molecule has 3 heterocycles. The minimum Gasteiger partial charge on any atom is -0.368 e. The van der Waals surface area contributed by atoms with E-state index in [4.69, 9.17) is 0 Å². The molecular formula is C20H26N6O2. The van der Waals surface area contributed by atoms with Crippen molar-refractivity contribution in [3.8, 4) is 0 Å². The zero-order chi connectivity index (χ0) is 19.5. The van der Waals surface area contributed by atoms with E-state index in [1.54, 1.807) is 0 Å². The van der Waals surface area contributed by atoms with Gasteiger partial charge < -0.3 is 14.7 Å². The van der Waals surface area contributed by atoms with Gasteiger partial charge in [0.1, 0.15) is 6.33 Å². The molecule has 4 rings (SSSR count). The van der Waals surface area contributed by atoms with Crippen LogP contribution in [0.25, 0.3) is 0 Å². The van der Waals surface area contributed by atoms with Crippen molar-refractivity contribution in [2.45, 2.75) is 19.8 Å². The Morgan fingerprint density at radius 3 is 2.00 bits per heavy atom. The van der Waals surface area contributed by atoms with Gasteiger partial charge in [-0.1, -0.05) is 25.1 Å². The molecule has 2 saturated heterocycles. The highest BCUT2D eigenvalue weighted by Crippen LogP contribution is 2.36. The third-order valence-electron chi connectivity index (χ3n) is 5.75. The van der Waals surface area contributed by atoms with Gasteiger partial charge in [0.25, 0.3) is 0 Å². The molecule has 0 radical (unpaired) electrons. The molecule has 28 heavy (non-hydrogen) atoms. The van der Waals surface area contributed by atoms with E-state index >= 15 is 0 Å². The fourth-order valence-corrected chi connectivity index (χ4v) is 4.02. The highest BCUT2D eigenvalue weighted by molar-refractivity contribution is 5.71. The van der Waals surface area contributed by atoms with E-state index in [1.165, 1.54) is 12.0 Å². The summed E-state index contributed by atoms with van der Waals surface area (Å²) in [5.74, 6) is 1.57. The lowest BCUT2D eigenvalue weighted by molar-refractivity contribution is -0.383. The monoisotopic (exact) mass is 382 g/mol. The number of nitro groups is 1. The Morgan fingerprint density at radius 1 is 0.893 bits per heavy atom. The Morgan fingerprint density at radius 2 is 1.43 bits per heavy atom. The lowest BCUT2D eigenvalue weighted by atomic mass is 9.99. The topological polar surface area (TPSA) is 78.6 Å².